The number of ether oxygens (including phenoxy) is 3. The van der Waals surface area contributed by atoms with E-state index in [1.165, 1.54) is 0 Å². The predicted octanol–water partition coefficient (Wildman–Crippen LogP) is 4.72. The minimum absolute atomic E-state index is 0.314. The first kappa shape index (κ1) is 19.9. The van der Waals surface area contributed by atoms with Crippen LogP contribution in [0.2, 0.25) is 0 Å². The van der Waals surface area contributed by atoms with Gasteiger partial charge in [0, 0.05) is 24.6 Å². The summed E-state index contributed by atoms with van der Waals surface area (Å²) in [4.78, 5) is 25.4. The van der Waals surface area contributed by atoms with Crippen molar-refractivity contribution in [2.45, 2.75) is 62.6 Å². The van der Waals surface area contributed by atoms with Crippen molar-refractivity contribution < 1.29 is 23.8 Å². The minimum atomic E-state index is -0.643. The molecule has 2 aromatic carbocycles. The second-order valence-corrected chi connectivity index (χ2v) is 8.76. The van der Waals surface area contributed by atoms with E-state index in [0.29, 0.717) is 17.2 Å². The number of amides is 1. The van der Waals surface area contributed by atoms with Crippen LogP contribution in [0.5, 0.6) is 11.5 Å². The zero-order chi connectivity index (χ0) is 21.3. The van der Waals surface area contributed by atoms with Gasteiger partial charge in [-0.05, 0) is 43.4 Å². The Balaban J connectivity index is 1.20. The number of rotatable bonds is 5. The monoisotopic (exact) mass is 421 g/mol. The maximum atomic E-state index is 13.0. The van der Waals surface area contributed by atoms with Crippen LogP contribution in [0.3, 0.4) is 0 Å². The summed E-state index contributed by atoms with van der Waals surface area (Å²) < 4.78 is 17.5. The fraction of sp³-hybridized carbons (Fsp3) is 0.440. The van der Waals surface area contributed by atoms with Crippen molar-refractivity contribution in [1.29, 1.82) is 0 Å². The molecule has 2 aliphatic carbocycles. The topological polar surface area (TPSA) is 73.9 Å². The Morgan fingerprint density at radius 1 is 0.871 bits per heavy atom. The van der Waals surface area contributed by atoms with Crippen LogP contribution in [-0.2, 0) is 19.7 Å². The summed E-state index contributed by atoms with van der Waals surface area (Å²) in [6, 6.07) is 15.1. The van der Waals surface area contributed by atoms with Gasteiger partial charge in [0.25, 0.3) is 11.7 Å². The molecular formula is C25H27NO5. The van der Waals surface area contributed by atoms with Crippen molar-refractivity contribution in [2.75, 3.05) is 11.9 Å². The maximum Gasteiger partial charge on any atom is 0.317 e. The fourth-order valence-electron chi connectivity index (χ4n) is 5.10. The molecule has 2 fully saturated rings. The van der Waals surface area contributed by atoms with Gasteiger partial charge in [0.1, 0.15) is 0 Å². The molecule has 1 N–H and O–H groups in total. The molecule has 0 unspecified atom stereocenters. The third-order valence-electron chi connectivity index (χ3n) is 6.69. The molecular weight excluding hydrogens is 394 g/mol. The van der Waals surface area contributed by atoms with Gasteiger partial charge in [0.2, 0.25) is 0 Å². The number of anilines is 1. The molecule has 0 aromatic heterocycles. The Labute approximate surface area is 181 Å². The molecule has 0 bridgehead atoms. The highest BCUT2D eigenvalue weighted by Crippen LogP contribution is 2.47. The summed E-state index contributed by atoms with van der Waals surface area (Å²) in [6.45, 7) is -0.314. The third-order valence-corrected chi connectivity index (χ3v) is 6.69. The zero-order valence-electron chi connectivity index (χ0n) is 17.5. The largest absolute Gasteiger partial charge is 0.455 e. The number of carbonyl (C=O) groups is 2. The Morgan fingerprint density at radius 3 is 2.29 bits per heavy atom. The van der Waals surface area contributed by atoms with Crippen LogP contribution >= 0.6 is 0 Å². The molecule has 6 heteroatoms. The van der Waals surface area contributed by atoms with E-state index >= 15 is 0 Å². The van der Waals surface area contributed by atoms with Crippen LogP contribution in [-0.4, -0.2) is 24.3 Å². The Hall–Kier alpha value is -3.02. The van der Waals surface area contributed by atoms with E-state index in [0.717, 1.165) is 56.9 Å². The average Bonchev–Trinajstić information content (AvgIpc) is 3.53. The van der Waals surface area contributed by atoms with Crippen molar-refractivity contribution in [3.63, 3.8) is 0 Å². The van der Waals surface area contributed by atoms with Gasteiger partial charge in [-0.25, -0.2) is 0 Å². The molecule has 2 saturated carbocycles. The number of fused-ring (bicyclic) bond motifs is 1. The van der Waals surface area contributed by atoms with Gasteiger partial charge in [0.15, 0.2) is 18.1 Å². The van der Waals surface area contributed by atoms with E-state index in [9.17, 15) is 9.59 Å². The molecule has 31 heavy (non-hydrogen) atoms. The Kier molecular flexibility index (Phi) is 5.08. The molecule has 5 rings (SSSR count). The normalized spacial score (nSPS) is 20.0. The number of esters is 1. The van der Waals surface area contributed by atoms with E-state index in [2.05, 4.69) is 5.32 Å². The molecule has 2 aromatic rings. The summed E-state index contributed by atoms with van der Waals surface area (Å²) in [5.74, 6) is 0.125. The second kappa shape index (κ2) is 7.91. The molecule has 0 saturated heterocycles. The van der Waals surface area contributed by atoms with E-state index in [4.69, 9.17) is 14.2 Å². The van der Waals surface area contributed by atoms with Gasteiger partial charge in [-0.3, -0.25) is 9.59 Å². The first-order chi connectivity index (χ1) is 15.1. The first-order valence-electron chi connectivity index (χ1n) is 11.1. The maximum absolute atomic E-state index is 13.0. The smallest absolute Gasteiger partial charge is 0.317 e. The van der Waals surface area contributed by atoms with Gasteiger partial charge >= 0.3 is 5.97 Å². The third kappa shape index (κ3) is 3.75. The van der Waals surface area contributed by atoms with Crippen molar-refractivity contribution in [3.05, 3.63) is 54.1 Å². The summed E-state index contributed by atoms with van der Waals surface area (Å²) in [5.41, 5.74) is 0.919. The number of benzene rings is 2. The molecule has 1 aliphatic heterocycles. The second-order valence-electron chi connectivity index (χ2n) is 8.76. The molecule has 0 atom stereocenters. The minimum Gasteiger partial charge on any atom is -0.455 e. The number of hydrogen-bond donors (Lipinski definition) is 1. The van der Waals surface area contributed by atoms with Gasteiger partial charge in [0.05, 0.1) is 5.41 Å². The standard InChI is InChI=1S/C25H27NO5/c27-22(17-29-23(28)24(12-4-5-13-24)18-8-2-1-3-9-18)26-19-10-11-20-21(16-19)31-25(30-20)14-6-7-15-25/h1-3,8-11,16H,4-7,12-15,17H2,(H,26,27). The van der Waals surface area contributed by atoms with Crippen LogP contribution in [0.15, 0.2) is 48.5 Å². The van der Waals surface area contributed by atoms with Crippen LogP contribution in [0.4, 0.5) is 5.69 Å². The molecule has 3 aliphatic rings. The highest BCUT2D eigenvalue weighted by molar-refractivity contribution is 5.94. The van der Waals surface area contributed by atoms with Crippen LogP contribution in [0.25, 0.3) is 0 Å². The summed E-state index contributed by atoms with van der Waals surface area (Å²) >= 11 is 0. The lowest BCUT2D eigenvalue weighted by atomic mass is 9.79. The number of nitrogens with one attached hydrogen (secondary N) is 1. The van der Waals surface area contributed by atoms with E-state index in [1.54, 1.807) is 12.1 Å². The highest BCUT2D eigenvalue weighted by atomic mass is 16.7. The Morgan fingerprint density at radius 2 is 1.55 bits per heavy atom. The predicted molar refractivity (Wildman–Crippen MR) is 115 cm³/mol. The van der Waals surface area contributed by atoms with Gasteiger partial charge in [-0.2, -0.15) is 0 Å². The lowest BCUT2D eigenvalue weighted by Crippen LogP contribution is -2.36. The fourth-order valence-corrected chi connectivity index (χ4v) is 5.10. The van der Waals surface area contributed by atoms with Crippen LogP contribution < -0.4 is 14.8 Å². The average molecular weight is 421 g/mol. The quantitative estimate of drug-likeness (QED) is 0.707. The molecule has 1 spiro atoms. The molecule has 162 valence electrons. The van der Waals surface area contributed by atoms with Crippen molar-refractivity contribution >= 4 is 17.6 Å². The zero-order valence-corrected chi connectivity index (χ0v) is 17.5. The Bertz CT molecular complexity index is 975. The SMILES string of the molecule is O=C(COC(=O)C1(c2ccccc2)CCCC1)Nc1ccc2c(c1)OC1(CCCC1)O2. The van der Waals surface area contributed by atoms with E-state index in [-0.39, 0.29) is 18.5 Å². The molecule has 1 heterocycles. The van der Waals surface area contributed by atoms with Crippen LogP contribution in [0, 0.1) is 0 Å². The lowest BCUT2D eigenvalue weighted by Gasteiger charge is -2.27. The number of carbonyl (C=O) groups excluding carboxylic acids is 2. The molecule has 1 amide bonds. The first-order valence-corrected chi connectivity index (χ1v) is 11.1. The summed E-state index contributed by atoms with van der Waals surface area (Å²) in [7, 11) is 0. The van der Waals surface area contributed by atoms with Crippen molar-refractivity contribution in [2.24, 2.45) is 0 Å². The van der Waals surface area contributed by atoms with Crippen molar-refractivity contribution in [1.82, 2.24) is 0 Å². The highest BCUT2D eigenvalue weighted by Gasteiger charge is 2.45. The summed E-state index contributed by atoms with van der Waals surface area (Å²) in [6.07, 6.45) is 7.40. The van der Waals surface area contributed by atoms with E-state index in [1.807, 2.05) is 36.4 Å². The van der Waals surface area contributed by atoms with Gasteiger partial charge in [-0.15, -0.1) is 0 Å². The van der Waals surface area contributed by atoms with E-state index < -0.39 is 11.2 Å². The lowest BCUT2D eigenvalue weighted by molar-refractivity contribution is -0.153. The van der Waals surface area contributed by atoms with Crippen LogP contribution in [0.1, 0.15) is 56.9 Å². The van der Waals surface area contributed by atoms with Crippen molar-refractivity contribution in [3.8, 4) is 11.5 Å². The van der Waals surface area contributed by atoms with Gasteiger partial charge < -0.3 is 19.5 Å². The number of hydrogen-bond acceptors (Lipinski definition) is 5. The molecule has 6 nitrogen and oxygen atoms in total. The molecule has 0 radical (unpaired) electrons. The van der Waals surface area contributed by atoms with Gasteiger partial charge in [-0.1, -0.05) is 43.2 Å². The summed E-state index contributed by atoms with van der Waals surface area (Å²) in [5, 5.41) is 2.80.